The summed E-state index contributed by atoms with van der Waals surface area (Å²) in [4.78, 5) is 59.6. The molecule has 14 heteroatoms. The molecule has 1 aliphatic rings. The van der Waals surface area contributed by atoms with E-state index in [0.717, 1.165) is 27.7 Å². The number of methoxy groups -OCH3 is 1. The van der Waals surface area contributed by atoms with Gasteiger partial charge in [-0.25, -0.2) is 0 Å². The minimum atomic E-state index is -1.55. The van der Waals surface area contributed by atoms with E-state index in [-0.39, 0.29) is 6.61 Å². The Morgan fingerprint density at radius 3 is 1.89 bits per heavy atom. The van der Waals surface area contributed by atoms with Gasteiger partial charge in [-0.3, -0.25) is 24.0 Å². The molecule has 0 aliphatic carbocycles. The highest BCUT2D eigenvalue weighted by atomic mass is 79.9. The summed E-state index contributed by atoms with van der Waals surface area (Å²) >= 11 is 3.25. The fraction of sp³-hybridized carbons (Fsp3) is 0.773. The van der Waals surface area contributed by atoms with Gasteiger partial charge in [0, 0.05) is 34.3 Å². The number of carbonyl (C=O) groups is 5. The monoisotopic (exact) mass is 584 g/mol. The molecule has 1 saturated heterocycles. The molecule has 1 aliphatic heterocycles. The third kappa shape index (κ3) is 9.30. The number of hydrogen-bond acceptors (Lipinski definition) is 13. The molecule has 13 nitrogen and oxygen atoms in total. The van der Waals surface area contributed by atoms with Gasteiger partial charge in [-0.1, -0.05) is 22.9 Å². The van der Waals surface area contributed by atoms with Gasteiger partial charge in [0.15, 0.2) is 28.9 Å². The van der Waals surface area contributed by atoms with Crippen LogP contribution >= 0.6 is 15.9 Å². The quantitative estimate of drug-likeness (QED) is 0.139. The van der Waals surface area contributed by atoms with Crippen LogP contribution in [0.2, 0.25) is 0 Å². The van der Waals surface area contributed by atoms with E-state index >= 15 is 0 Å². The van der Waals surface area contributed by atoms with Crippen LogP contribution in [0, 0.1) is 0 Å². The van der Waals surface area contributed by atoms with Crippen LogP contribution in [0.4, 0.5) is 0 Å². The summed E-state index contributed by atoms with van der Waals surface area (Å²) in [5.41, 5.74) is 0. The molecule has 0 N–H and O–H groups in total. The number of halogens is 1. The third-order valence-corrected chi connectivity index (χ3v) is 5.40. The zero-order chi connectivity index (χ0) is 27.6. The Morgan fingerprint density at radius 1 is 0.889 bits per heavy atom. The van der Waals surface area contributed by atoms with E-state index in [4.69, 9.17) is 37.9 Å². The summed E-state index contributed by atoms with van der Waals surface area (Å²) in [6.07, 6.45) is -7.80. The SMILES string of the molecule is CCCO[C@@H](O[C@@H]1O[C@H](COC(C)=O)[C@@H](OC(C)=O)[C@H](OC(C)=O)[C@H]1OC(C)=O)[C@](C)(Br)C(=O)OC. The van der Waals surface area contributed by atoms with Crippen LogP contribution in [0.25, 0.3) is 0 Å². The number of rotatable bonds is 12. The normalized spacial score (nSPS) is 26.1. The molecular weight excluding hydrogens is 552 g/mol. The maximum absolute atomic E-state index is 12.4. The summed E-state index contributed by atoms with van der Waals surface area (Å²) in [5.74, 6) is -3.76. The van der Waals surface area contributed by atoms with Crippen LogP contribution in [-0.2, 0) is 61.9 Å². The molecule has 36 heavy (non-hydrogen) atoms. The number of carbonyl (C=O) groups excluding carboxylic acids is 5. The van der Waals surface area contributed by atoms with Crippen molar-refractivity contribution in [3.05, 3.63) is 0 Å². The van der Waals surface area contributed by atoms with E-state index in [9.17, 15) is 24.0 Å². The molecule has 7 atom stereocenters. The molecule has 0 amide bonds. The van der Waals surface area contributed by atoms with Crippen molar-refractivity contribution >= 4 is 45.8 Å². The van der Waals surface area contributed by atoms with E-state index in [1.54, 1.807) is 0 Å². The van der Waals surface area contributed by atoms with Crippen molar-refractivity contribution in [1.82, 2.24) is 0 Å². The van der Waals surface area contributed by atoms with Crippen molar-refractivity contribution in [1.29, 1.82) is 0 Å². The first-order valence-corrected chi connectivity index (χ1v) is 11.9. The molecule has 0 radical (unpaired) electrons. The maximum Gasteiger partial charge on any atom is 0.327 e. The molecule has 0 spiro atoms. The highest BCUT2D eigenvalue weighted by molar-refractivity contribution is 9.10. The van der Waals surface area contributed by atoms with E-state index in [1.807, 2.05) is 6.92 Å². The lowest BCUT2D eigenvalue weighted by atomic mass is 9.98. The molecular formula is C22H33BrO13. The zero-order valence-electron chi connectivity index (χ0n) is 21.3. The van der Waals surface area contributed by atoms with Crippen molar-refractivity contribution in [2.45, 2.75) is 89.3 Å². The van der Waals surface area contributed by atoms with Gasteiger partial charge in [0.25, 0.3) is 0 Å². The van der Waals surface area contributed by atoms with E-state index in [2.05, 4.69) is 15.9 Å². The summed E-state index contributed by atoms with van der Waals surface area (Å²) in [6.45, 7) is 7.46. The summed E-state index contributed by atoms with van der Waals surface area (Å²) in [6, 6.07) is 0. The molecule has 206 valence electrons. The Labute approximate surface area is 217 Å². The summed E-state index contributed by atoms with van der Waals surface area (Å²) < 4.78 is 41.9. The van der Waals surface area contributed by atoms with E-state index < -0.39 is 77.8 Å². The highest BCUT2D eigenvalue weighted by Crippen LogP contribution is 2.34. The summed E-state index contributed by atoms with van der Waals surface area (Å²) in [7, 11) is 1.17. The molecule has 1 heterocycles. The Bertz CT molecular complexity index is 799. The Hall–Kier alpha value is -2.29. The largest absolute Gasteiger partial charge is 0.468 e. The van der Waals surface area contributed by atoms with E-state index in [0.29, 0.717) is 6.42 Å². The molecule has 0 saturated carbocycles. The van der Waals surface area contributed by atoms with Gasteiger partial charge in [0.2, 0.25) is 6.29 Å². The average Bonchev–Trinajstić information content (AvgIpc) is 2.77. The van der Waals surface area contributed by atoms with Crippen molar-refractivity contribution in [3.63, 3.8) is 0 Å². The smallest absolute Gasteiger partial charge is 0.327 e. The molecule has 0 aromatic heterocycles. The minimum absolute atomic E-state index is 0.161. The lowest BCUT2D eigenvalue weighted by Crippen LogP contribution is -2.64. The van der Waals surface area contributed by atoms with Crippen molar-refractivity contribution in [3.8, 4) is 0 Å². The average molecular weight is 585 g/mol. The first-order valence-electron chi connectivity index (χ1n) is 11.1. The van der Waals surface area contributed by atoms with Crippen molar-refractivity contribution in [2.24, 2.45) is 0 Å². The second-order valence-corrected chi connectivity index (χ2v) is 9.62. The maximum atomic E-state index is 12.4. The fourth-order valence-corrected chi connectivity index (χ4v) is 3.67. The Balaban J connectivity index is 3.53. The number of ether oxygens (including phenoxy) is 8. The van der Waals surface area contributed by atoms with Gasteiger partial charge < -0.3 is 37.9 Å². The Morgan fingerprint density at radius 2 is 1.42 bits per heavy atom. The second kappa shape index (κ2) is 14.4. The van der Waals surface area contributed by atoms with Gasteiger partial charge >= 0.3 is 29.8 Å². The van der Waals surface area contributed by atoms with Crippen LogP contribution in [0.5, 0.6) is 0 Å². The molecule has 0 aromatic rings. The third-order valence-electron chi connectivity index (χ3n) is 4.71. The summed E-state index contributed by atoms with van der Waals surface area (Å²) in [5, 5.41) is 0. The highest BCUT2D eigenvalue weighted by Gasteiger charge is 2.55. The van der Waals surface area contributed by atoms with E-state index in [1.165, 1.54) is 14.0 Å². The van der Waals surface area contributed by atoms with Crippen LogP contribution in [0.15, 0.2) is 0 Å². The molecule has 1 rings (SSSR count). The van der Waals surface area contributed by atoms with Gasteiger partial charge in [-0.05, 0) is 13.3 Å². The predicted octanol–water partition coefficient (Wildman–Crippen LogP) is 1.17. The van der Waals surface area contributed by atoms with Crippen LogP contribution in [0.1, 0.15) is 48.0 Å². The molecule has 0 unspecified atom stereocenters. The fourth-order valence-electron chi connectivity index (χ4n) is 3.26. The first-order chi connectivity index (χ1) is 16.7. The van der Waals surface area contributed by atoms with Gasteiger partial charge in [0.05, 0.1) is 7.11 Å². The molecule has 0 bridgehead atoms. The predicted molar refractivity (Wildman–Crippen MR) is 122 cm³/mol. The Kier molecular flexibility index (Phi) is 12.7. The topological polar surface area (TPSA) is 159 Å². The lowest BCUT2D eigenvalue weighted by Gasteiger charge is -2.45. The molecule has 1 fully saturated rings. The van der Waals surface area contributed by atoms with Gasteiger partial charge in [0.1, 0.15) is 12.7 Å². The number of hydrogen-bond donors (Lipinski definition) is 0. The molecule has 0 aromatic carbocycles. The van der Waals surface area contributed by atoms with Crippen LogP contribution < -0.4 is 0 Å². The van der Waals surface area contributed by atoms with Crippen LogP contribution in [-0.4, -0.2) is 91.5 Å². The number of esters is 5. The van der Waals surface area contributed by atoms with Crippen LogP contribution in [0.3, 0.4) is 0 Å². The standard InChI is InChI=1S/C22H33BrO13/c1-8-9-30-21(22(6,23)20(28)29-7)36-19-18(34-14(5)27)17(33-13(4)26)16(32-12(3)25)15(35-19)10-31-11(2)24/h15-19,21H,8-10H2,1-7H3/t15-,16-,17+,18-,19+,21+,22-/m1/s1. The number of alkyl halides is 1. The van der Waals surface area contributed by atoms with Gasteiger partial charge in [-0.15, -0.1) is 0 Å². The first kappa shape index (κ1) is 31.7. The minimum Gasteiger partial charge on any atom is -0.468 e. The zero-order valence-corrected chi connectivity index (χ0v) is 22.9. The van der Waals surface area contributed by atoms with Gasteiger partial charge in [-0.2, -0.15) is 0 Å². The van der Waals surface area contributed by atoms with Crippen molar-refractivity contribution < 1.29 is 61.9 Å². The van der Waals surface area contributed by atoms with Crippen molar-refractivity contribution in [2.75, 3.05) is 20.3 Å². The lowest BCUT2D eigenvalue weighted by molar-refractivity contribution is -0.342. The second-order valence-electron chi connectivity index (χ2n) is 7.97.